The Morgan fingerprint density at radius 3 is 2.45 bits per heavy atom. The van der Waals surface area contributed by atoms with E-state index in [1.165, 1.54) is 0 Å². The topological polar surface area (TPSA) is 72.6 Å². The molecular weight excluding hydrogens is 254 g/mol. The lowest BCUT2D eigenvalue weighted by atomic mass is 10.1. The number of hydrogen-bond donors (Lipinski definition) is 2. The third kappa shape index (κ3) is 3.16. The van der Waals surface area contributed by atoms with Gasteiger partial charge in [-0.05, 0) is 36.2 Å². The van der Waals surface area contributed by atoms with Crippen molar-refractivity contribution < 1.29 is 14.6 Å². The smallest absolute Gasteiger partial charge is 0.252 e. The van der Waals surface area contributed by atoms with E-state index in [0.29, 0.717) is 23.5 Å². The Morgan fingerprint density at radius 2 is 1.85 bits per heavy atom. The van der Waals surface area contributed by atoms with Crippen molar-refractivity contribution in [3.63, 3.8) is 0 Å². The first-order valence-electron chi connectivity index (χ1n) is 6.46. The standard InChI is InChI=1S/C16H17NO3/c1-2-14(18)11-7-9-12(10-8-11)20-15-6-4-3-5-13(15)16(17)19/h3-10,14,18H,2H2,1H3,(H2,17,19)/t14-/m1/s1. The number of nitrogens with two attached hydrogens (primary N) is 1. The van der Waals surface area contributed by atoms with E-state index in [2.05, 4.69) is 0 Å². The van der Waals surface area contributed by atoms with Gasteiger partial charge in [-0.2, -0.15) is 0 Å². The number of benzene rings is 2. The van der Waals surface area contributed by atoms with Crippen LogP contribution in [-0.4, -0.2) is 11.0 Å². The molecule has 2 aromatic carbocycles. The molecule has 4 heteroatoms. The summed E-state index contributed by atoms with van der Waals surface area (Å²) >= 11 is 0. The number of amides is 1. The maximum Gasteiger partial charge on any atom is 0.252 e. The molecule has 2 rings (SSSR count). The Kier molecular flexibility index (Phi) is 4.38. The molecule has 0 radical (unpaired) electrons. The zero-order chi connectivity index (χ0) is 14.5. The summed E-state index contributed by atoms with van der Waals surface area (Å²) in [4.78, 5) is 11.3. The van der Waals surface area contributed by atoms with Crippen LogP contribution in [0.5, 0.6) is 11.5 Å². The molecule has 20 heavy (non-hydrogen) atoms. The number of para-hydroxylation sites is 1. The molecule has 0 aliphatic heterocycles. The molecule has 0 unspecified atom stereocenters. The molecule has 1 atom stereocenters. The van der Waals surface area contributed by atoms with Gasteiger partial charge in [-0.15, -0.1) is 0 Å². The molecule has 2 aromatic rings. The van der Waals surface area contributed by atoms with Gasteiger partial charge < -0.3 is 15.6 Å². The summed E-state index contributed by atoms with van der Waals surface area (Å²) in [6.07, 6.45) is 0.187. The van der Waals surface area contributed by atoms with Crippen molar-refractivity contribution in [3.8, 4) is 11.5 Å². The monoisotopic (exact) mass is 271 g/mol. The molecular formula is C16H17NO3. The van der Waals surface area contributed by atoms with Gasteiger partial charge in [-0.3, -0.25) is 4.79 Å². The second-order valence-corrected chi connectivity index (χ2v) is 4.46. The van der Waals surface area contributed by atoms with Crippen LogP contribution in [0, 0.1) is 0 Å². The largest absolute Gasteiger partial charge is 0.457 e. The SMILES string of the molecule is CC[C@@H](O)c1ccc(Oc2ccccc2C(N)=O)cc1. The van der Waals surface area contributed by atoms with Gasteiger partial charge in [0.15, 0.2) is 0 Å². The van der Waals surface area contributed by atoms with Gasteiger partial charge in [-0.25, -0.2) is 0 Å². The Bertz CT molecular complexity index is 593. The Labute approximate surface area is 117 Å². The van der Waals surface area contributed by atoms with Gasteiger partial charge in [0.1, 0.15) is 11.5 Å². The number of ether oxygens (including phenoxy) is 1. The van der Waals surface area contributed by atoms with Crippen molar-refractivity contribution in [2.75, 3.05) is 0 Å². The first-order valence-corrected chi connectivity index (χ1v) is 6.46. The Balaban J connectivity index is 2.20. The minimum absolute atomic E-state index is 0.338. The molecule has 0 aliphatic rings. The summed E-state index contributed by atoms with van der Waals surface area (Å²) in [5.74, 6) is 0.480. The summed E-state index contributed by atoms with van der Waals surface area (Å²) in [5, 5.41) is 9.72. The molecule has 4 nitrogen and oxygen atoms in total. The fourth-order valence-electron chi connectivity index (χ4n) is 1.88. The second-order valence-electron chi connectivity index (χ2n) is 4.46. The number of primary amides is 1. The predicted octanol–water partition coefficient (Wildman–Crippen LogP) is 3.02. The van der Waals surface area contributed by atoms with Crippen LogP contribution in [0.25, 0.3) is 0 Å². The molecule has 0 bridgehead atoms. The maximum absolute atomic E-state index is 11.3. The highest BCUT2D eigenvalue weighted by molar-refractivity contribution is 5.95. The van der Waals surface area contributed by atoms with Gasteiger partial charge in [0.2, 0.25) is 0 Å². The Hall–Kier alpha value is -2.33. The average Bonchev–Trinajstić information content (AvgIpc) is 2.47. The summed E-state index contributed by atoms with van der Waals surface area (Å²) < 4.78 is 5.66. The van der Waals surface area contributed by atoms with Gasteiger partial charge in [-0.1, -0.05) is 31.2 Å². The maximum atomic E-state index is 11.3. The summed E-state index contributed by atoms with van der Waals surface area (Å²) in [6.45, 7) is 1.91. The number of aliphatic hydroxyl groups is 1. The molecule has 0 aromatic heterocycles. The van der Waals surface area contributed by atoms with E-state index in [9.17, 15) is 9.90 Å². The van der Waals surface area contributed by atoms with Crippen molar-refractivity contribution in [1.82, 2.24) is 0 Å². The first kappa shape index (κ1) is 14.1. The van der Waals surface area contributed by atoms with Gasteiger partial charge in [0, 0.05) is 0 Å². The van der Waals surface area contributed by atoms with E-state index in [-0.39, 0.29) is 0 Å². The minimum atomic E-state index is -0.529. The number of rotatable bonds is 5. The summed E-state index contributed by atoms with van der Waals surface area (Å²) in [5.41, 5.74) is 6.47. The lowest BCUT2D eigenvalue weighted by molar-refractivity contribution is 0.0998. The van der Waals surface area contributed by atoms with E-state index in [0.717, 1.165) is 5.56 Å². The van der Waals surface area contributed by atoms with Crippen LogP contribution in [0.3, 0.4) is 0 Å². The van der Waals surface area contributed by atoms with Crippen molar-refractivity contribution in [2.24, 2.45) is 5.73 Å². The average molecular weight is 271 g/mol. The zero-order valence-corrected chi connectivity index (χ0v) is 11.2. The highest BCUT2D eigenvalue weighted by Gasteiger charge is 2.10. The van der Waals surface area contributed by atoms with Crippen LogP contribution in [0.15, 0.2) is 48.5 Å². The van der Waals surface area contributed by atoms with Crippen molar-refractivity contribution in [2.45, 2.75) is 19.4 Å². The molecule has 1 amide bonds. The normalized spacial score (nSPS) is 11.9. The van der Waals surface area contributed by atoms with Crippen molar-refractivity contribution in [3.05, 3.63) is 59.7 Å². The zero-order valence-electron chi connectivity index (χ0n) is 11.2. The highest BCUT2D eigenvalue weighted by Crippen LogP contribution is 2.26. The lowest BCUT2D eigenvalue weighted by Gasteiger charge is -2.11. The Morgan fingerprint density at radius 1 is 1.20 bits per heavy atom. The van der Waals surface area contributed by atoms with Gasteiger partial charge in [0.05, 0.1) is 11.7 Å². The summed E-state index contributed by atoms with van der Waals surface area (Å²) in [6, 6.07) is 13.9. The van der Waals surface area contributed by atoms with Crippen LogP contribution < -0.4 is 10.5 Å². The van der Waals surface area contributed by atoms with Gasteiger partial charge in [0.25, 0.3) is 5.91 Å². The number of hydrogen-bond acceptors (Lipinski definition) is 3. The quantitative estimate of drug-likeness (QED) is 0.878. The van der Waals surface area contributed by atoms with Gasteiger partial charge >= 0.3 is 0 Å². The van der Waals surface area contributed by atoms with E-state index < -0.39 is 12.0 Å². The van der Waals surface area contributed by atoms with E-state index in [4.69, 9.17) is 10.5 Å². The second kappa shape index (κ2) is 6.21. The van der Waals surface area contributed by atoms with Crippen molar-refractivity contribution in [1.29, 1.82) is 0 Å². The fourth-order valence-corrected chi connectivity index (χ4v) is 1.88. The third-order valence-electron chi connectivity index (χ3n) is 3.03. The van der Waals surface area contributed by atoms with Crippen LogP contribution in [-0.2, 0) is 0 Å². The molecule has 104 valence electrons. The number of carbonyl (C=O) groups is 1. The molecule has 0 saturated heterocycles. The number of aliphatic hydroxyl groups excluding tert-OH is 1. The molecule has 0 heterocycles. The highest BCUT2D eigenvalue weighted by atomic mass is 16.5. The molecule has 0 aliphatic carbocycles. The lowest BCUT2D eigenvalue weighted by Crippen LogP contribution is -2.11. The van der Waals surface area contributed by atoms with E-state index in [1.54, 1.807) is 48.5 Å². The molecule has 0 fully saturated rings. The van der Waals surface area contributed by atoms with Crippen molar-refractivity contribution >= 4 is 5.91 Å². The predicted molar refractivity (Wildman–Crippen MR) is 76.7 cm³/mol. The molecule has 0 saturated carbocycles. The molecule has 0 spiro atoms. The summed E-state index contributed by atoms with van der Waals surface area (Å²) in [7, 11) is 0. The third-order valence-corrected chi connectivity index (χ3v) is 3.03. The van der Waals surface area contributed by atoms with Crippen LogP contribution in [0.2, 0.25) is 0 Å². The number of carbonyl (C=O) groups excluding carboxylic acids is 1. The molecule has 3 N–H and O–H groups in total. The van der Waals surface area contributed by atoms with Crippen LogP contribution in [0.4, 0.5) is 0 Å². The van der Waals surface area contributed by atoms with E-state index in [1.807, 2.05) is 6.92 Å². The first-order chi connectivity index (χ1) is 9.61. The van der Waals surface area contributed by atoms with E-state index >= 15 is 0 Å². The fraction of sp³-hybridized carbons (Fsp3) is 0.188. The van der Waals surface area contributed by atoms with Crippen LogP contribution in [0.1, 0.15) is 35.4 Å². The van der Waals surface area contributed by atoms with Crippen LogP contribution >= 0.6 is 0 Å². The minimum Gasteiger partial charge on any atom is -0.457 e.